The van der Waals surface area contributed by atoms with Gasteiger partial charge in [0.05, 0.1) is 6.04 Å². The second kappa shape index (κ2) is 6.43. The average molecular weight is 230 g/mol. The summed E-state index contributed by atoms with van der Waals surface area (Å²) in [5.41, 5.74) is 1.13. The van der Waals surface area contributed by atoms with Crippen molar-refractivity contribution in [3.05, 3.63) is 16.1 Å². The van der Waals surface area contributed by atoms with Crippen LogP contribution in [0.2, 0.25) is 0 Å². The van der Waals surface area contributed by atoms with Crippen molar-refractivity contribution in [1.82, 2.24) is 10.3 Å². The second-order valence-electron chi connectivity index (χ2n) is 3.15. The summed E-state index contributed by atoms with van der Waals surface area (Å²) in [6, 6.07) is 0.438. The summed E-state index contributed by atoms with van der Waals surface area (Å²) >= 11 is 3.75. The number of nitrogens with one attached hydrogen (secondary N) is 1. The van der Waals surface area contributed by atoms with Gasteiger partial charge >= 0.3 is 0 Å². The van der Waals surface area contributed by atoms with E-state index in [-0.39, 0.29) is 0 Å². The molecule has 14 heavy (non-hydrogen) atoms. The van der Waals surface area contributed by atoms with Crippen LogP contribution in [0.1, 0.15) is 30.1 Å². The van der Waals surface area contributed by atoms with Crippen LogP contribution in [0.3, 0.4) is 0 Å². The highest BCUT2D eigenvalue weighted by atomic mass is 32.2. The average Bonchev–Trinajstić information content (AvgIpc) is 2.60. The molecule has 0 saturated heterocycles. The first kappa shape index (κ1) is 12.0. The Labute approximate surface area is 94.5 Å². The van der Waals surface area contributed by atoms with E-state index in [0.717, 1.165) is 5.69 Å². The van der Waals surface area contributed by atoms with Crippen LogP contribution in [0, 0.1) is 6.92 Å². The monoisotopic (exact) mass is 230 g/mol. The first-order valence-electron chi connectivity index (χ1n) is 4.95. The van der Waals surface area contributed by atoms with Crippen LogP contribution in [-0.4, -0.2) is 23.5 Å². The number of nitrogens with zero attached hydrogens (tertiary/aromatic N) is 1. The normalized spacial score (nSPS) is 13.1. The van der Waals surface area contributed by atoms with Gasteiger partial charge in [0.25, 0.3) is 0 Å². The smallest absolute Gasteiger partial charge is 0.110 e. The molecule has 0 amide bonds. The van der Waals surface area contributed by atoms with E-state index in [4.69, 9.17) is 0 Å². The molecule has 0 aliphatic rings. The Morgan fingerprint density at radius 2 is 2.43 bits per heavy atom. The third-order valence-electron chi connectivity index (χ3n) is 2.04. The summed E-state index contributed by atoms with van der Waals surface area (Å²) in [5, 5.41) is 6.67. The molecule has 1 atom stereocenters. The zero-order valence-corrected chi connectivity index (χ0v) is 10.7. The van der Waals surface area contributed by atoms with E-state index < -0.39 is 0 Å². The van der Waals surface area contributed by atoms with Gasteiger partial charge in [0.1, 0.15) is 5.01 Å². The van der Waals surface area contributed by atoms with Crippen molar-refractivity contribution in [1.29, 1.82) is 0 Å². The van der Waals surface area contributed by atoms with Crippen LogP contribution in [0.15, 0.2) is 5.38 Å². The molecule has 0 spiro atoms. The minimum absolute atomic E-state index is 0.438. The van der Waals surface area contributed by atoms with E-state index in [1.165, 1.54) is 22.9 Å². The van der Waals surface area contributed by atoms with Gasteiger partial charge in [-0.05, 0) is 31.9 Å². The molecule has 1 aromatic heterocycles. The Balaban J connectivity index is 2.45. The Kier molecular flexibility index (Phi) is 5.52. The largest absolute Gasteiger partial charge is 0.311 e. The van der Waals surface area contributed by atoms with Gasteiger partial charge in [-0.2, -0.15) is 11.8 Å². The van der Waals surface area contributed by atoms with Gasteiger partial charge < -0.3 is 5.32 Å². The number of hydrogen-bond acceptors (Lipinski definition) is 4. The number of hydrogen-bond donors (Lipinski definition) is 1. The second-order valence-corrected chi connectivity index (χ2v) is 5.44. The molecule has 0 fully saturated rings. The molecular formula is C10H18N2S2. The Bertz CT molecular complexity index is 260. The molecule has 1 unspecified atom stereocenters. The predicted octanol–water partition coefficient (Wildman–Crippen LogP) is 2.86. The van der Waals surface area contributed by atoms with E-state index in [0.29, 0.717) is 6.04 Å². The maximum absolute atomic E-state index is 4.51. The molecule has 0 bridgehead atoms. The minimum Gasteiger partial charge on any atom is -0.311 e. The quantitative estimate of drug-likeness (QED) is 0.761. The zero-order valence-electron chi connectivity index (χ0n) is 9.04. The van der Waals surface area contributed by atoms with Gasteiger partial charge in [-0.1, -0.05) is 6.92 Å². The number of thioether (sulfide) groups is 1. The third kappa shape index (κ3) is 3.59. The SMILES string of the molecule is CCSCCC(NC)c1nc(C)cs1. The van der Waals surface area contributed by atoms with Crippen molar-refractivity contribution >= 4 is 23.1 Å². The first-order valence-corrected chi connectivity index (χ1v) is 6.98. The molecule has 1 N–H and O–H groups in total. The van der Waals surface area contributed by atoms with Gasteiger partial charge in [0.15, 0.2) is 0 Å². The molecule has 0 aliphatic carbocycles. The highest BCUT2D eigenvalue weighted by Crippen LogP contribution is 2.22. The van der Waals surface area contributed by atoms with E-state index >= 15 is 0 Å². The van der Waals surface area contributed by atoms with Crippen LogP contribution < -0.4 is 5.32 Å². The van der Waals surface area contributed by atoms with Crippen molar-refractivity contribution in [3.8, 4) is 0 Å². The molecule has 0 aromatic carbocycles. The number of rotatable bonds is 6. The lowest BCUT2D eigenvalue weighted by Crippen LogP contribution is -2.16. The lowest BCUT2D eigenvalue weighted by Gasteiger charge is -2.12. The maximum atomic E-state index is 4.51. The van der Waals surface area contributed by atoms with Crippen LogP contribution in [-0.2, 0) is 0 Å². The lowest BCUT2D eigenvalue weighted by atomic mass is 10.2. The van der Waals surface area contributed by atoms with Crippen LogP contribution in [0.4, 0.5) is 0 Å². The molecule has 0 aliphatic heterocycles. The van der Waals surface area contributed by atoms with Gasteiger partial charge in [0.2, 0.25) is 0 Å². The molecular weight excluding hydrogens is 212 g/mol. The van der Waals surface area contributed by atoms with E-state index in [1.54, 1.807) is 11.3 Å². The fraction of sp³-hybridized carbons (Fsp3) is 0.700. The third-order valence-corrected chi connectivity index (χ3v) is 4.05. The number of aromatic nitrogens is 1. The van der Waals surface area contributed by atoms with Crippen molar-refractivity contribution in [2.75, 3.05) is 18.6 Å². The summed E-state index contributed by atoms with van der Waals surface area (Å²) in [6.07, 6.45) is 1.17. The lowest BCUT2D eigenvalue weighted by molar-refractivity contribution is 0.577. The highest BCUT2D eigenvalue weighted by molar-refractivity contribution is 7.99. The summed E-state index contributed by atoms with van der Waals surface area (Å²) < 4.78 is 0. The van der Waals surface area contributed by atoms with Gasteiger partial charge in [-0.3, -0.25) is 0 Å². The fourth-order valence-corrected chi connectivity index (χ4v) is 2.90. The molecule has 1 rings (SSSR count). The van der Waals surface area contributed by atoms with Gasteiger partial charge in [-0.25, -0.2) is 4.98 Å². The fourth-order valence-electron chi connectivity index (χ4n) is 1.27. The minimum atomic E-state index is 0.438. The van der Waals surface area contributed by atoms with Crippen molar-refractivity contribution in [2.45, 2.75) is 26.3 Å². The number of thiazole rings is 1. The Morgan fingerprint density at radius 1 is 1.64 bits per heavy atom. The van der Waals surface area contributed by atoms with Crippen LogP contribution in [0.25, 0.3) is 0 Å². The molecule has 1 heterocycles. The summed E-state index contributed by atoms with van der Waals surface area (Å²) in [4.78, 5) is 4.51. The molecule has 80 valence electrons. The molecule has 0 radical (unpaired) electrons. The highest BCUT2D eigenvalue weighted by Gasteiger charge is 2.11. The van der Waals surface area contributed by atoms with Gasteiger partial charge in [-0.15, -0.1) is 11.3 Å². The van der Waals surface area contributed by atoms with Crippen molar-refractivity contribution in [3.63, 3.8) is 0 Å². The maximum Gasteiger partial charge on any atom is 0.110 e. The number of aryl methyl sites for hydroxylation is 1. The summed E-state index contributed by atoms with van der Waals surface area (Å²) in [7, 11) is 2.01. The van der Waals surface area contributed by atoms with Gasteiger partial charge in [0, 0.05) is 11.1 Å². The molecule has 0 saturated carbocycles. The summed E-state index contributed by atoms with van der Waals surface area (Å²) in [5.74, 6) is 2.41. The van der Waals surface area contributed by atoms with Crippen molar-refractivity contribution < 1.29 is 0 Å². The van der Waals surface area contributed by atoms with Crippen LogP contribution >= 0.6 is 23.1 Å². The van der Waals surface area contributed by atoms with E-state index in [2.05, 4.69) is 22.6 Å². The van der Waals surface area contributed by atoms with E-state index in [9.17, 15) is 0 Å². The summed E-state index contributed by atoms with van der Waals surface area (Å²) in [6.45, 7) is 4.25. The Morgan fingerprint density at radius 3 is 2.93 bits per heavy atom. The Hall–Kier alpha value is -0.0600. The molecule has 2 nitrogen and oxygen atoms in total. The standard InChI is InChI=1S/C10H18N2S2/c1-4-13-6-5-9(11-3)10-12-8(2)7-14-10/h7,9,11H,4-6H2,1-3H3. The van der Waals surface area contributed by atoms with Crippen LogP contribution in [0.5, 0.6) is 0 Å². The van der Waals surface area contributed by atoms with E-state index in [1.807, 2.05) is 25.7 Å². The first-order chi connectivity index (χ1) is 6.77. The molecule has 4 heteroatoms. The topological polar surface area (TPSA) is 24.9 Å². The predicted molar refractivity (Wildman–Crippen MR) is 66.3 cm³/mol. The molecule has 1 aromatic rings. The zero-order chi connectivity index (χ0) is 10.4. The van der Waals surface area contributed by atoms with Crippen molar-refractivity contribution in [2.24, 2.45) is 0 Å².